The number of hydrogen-bond acceptors (Lipinski definition) is 2. The van der Waals surface area contributed by atoms with Gasteiger partial charge in [0.1, 0.15) is 5.82 Å². The molecule has 0 amide bonds. The molecule has 0 unspecified atom stereocenters. The van der Waals surface area contributed by atoms with E-state index in [2.05, 4.69) is 153 Å². The molecule has 3 heteroatoms. The Labute approximate surface area is 245 Å². The van der Waals surface area contributed by atoms with E-state index in [4.69, 9.17) is 4.98 Å². The monoisotopic (exact) mass is 548 g/mol. The summed E-state index contributed by atoms with van der Waals surface area (Å²) in [7, 11) is 0. The molecule has 0 spiro atoms. The summed E-state index contributed by atoms with van der Waals surface area (Å²) in [4.78, 5) is 5.31. The average molecular weight is 549 g/mol. The second-order valence-electron chi connectivity index (χ2n) is 11.8. The summed E-state index contributed by atoms with van der Waals surface area (Å²) in [5, 5.41) is 3.52. The van der Waals surface area contributed by atoms with E-state index < -0.39 is 0 Å². The molecule has 0 N–H and O–H groups in total. The Balaban J connectivity index is 1.66. The smallest absolute Gasteiger partial charge is 0.147 e. The third kappa shape index (κ3) is 4.47. The summed E-state index contributed by atoms with van der Waals surface area (Å²) in [6.45, 7) is 9.04. The number of para-hydroxylation sites is 2. The van der Waals surface area contributed by atoms with Gasteiger partial charge in [0, 0.05) is 32.2 Å². The van der Waals surface area contributed by atoms with Gasteiger partial charge < -0.3 is 0 Å². The molecule has 0 aliphatic rings. The van der Waals surface area contributed by atoms with Crippen molar-refractivity contribution in [1.29, 1.82) is 0 Å². The van der Waals surface area contributed by atoms with Crippen molar-refractivity contribution in [3.05, 3.63) is 132 Å². The number of hydrogen-bond donors (Lipinski definition) is 0. The molecule has 0 radical (unpaired) electrons. The predicted octanol–water partition coefficient (Wildman–Crippen LogP) is 10.8. The molecule has 0 saturated heterocycles. The topological polar surface area (TPSA) is 17.8 Å². The van der Waals surface area contributed by atoms with Gasteiger partial charge in [0.25, 0.3) is 0 Å². The lowest BCUT2D eigenvalue weighted by molar-refractivity contribution is 0.590. The minimum absolute atomic E-state index is 0.0210. The molecule has 41 heavy (non-hydrogen) atoms. The van der Waals surface area contributed by atoms with Crippen LogP contribution in [0.3, 0.4) is 0 Å². The van der Waals surface area contributed by atoms with Crippen molar-refractivity contribution in [2.75, 3.05) is 0 Å². The third-order valence-corrected chi connectivity index (χ3v) is 8.85. The lowest BCUT2D eigenvalue weighted by atomic mass is 9.82. The molecule has 0 aliphatic heterocycles. The van der Waals surface area contributed by atoms with Crippen LogP contribution in [0.25, 0.3) is 60.4 Å². The molecule has 7 rings (SSSR count). The molecule has 7 aromatic rings. The van der Waals surface area contributed by atoms with Crippen molar-refractivity contribution in [3.8, 4) is 39.3 Å². The van der Waals surface area contributed by atoms with Crippen LogP contribution in [0.1, 0.15) is 31.9 Å². The summed E-state index contributed by atoms with van der Waals surface area (Å²) in [5.74, 6) is 0.971. The quantitative estimate of drug-likeness (QED) is 0.214. The largest absolute Gasteiger partial charge is 0.291 e. The van der Waals surface area contributed by atoms with E-state index in [-0.39, 0.29) is 5.41 Å². The minimum atomic E-state index is -0.0210. The highest BCUT2D eigenvalue weighted by Gasteiger charge is 2.26. The fourth-order valence-electron chi connectivity index (χ4n) is 5.73. The van der Waals surface area contributed by atoms with E-state index in [0.717, 1.165) is 22.5 Å². The number of aryl methyl sites for hydroxylation is 1. The second kappa shape index (κ2) is 9.87. The van der Waals surface area contributed by atoms with Gasteiger partial charge in [-0.05, 0) is 64.9 Å². The minimum Gasteiger partial charge on any atom is -0.291 e. The van der Waals surface area contributed by atoms with Gasteiger partial charge in [-0.3, -0.25) is 4.57 Å². The van der Waals surface area contributed by atoms with Gasteiger partial charge in [0.15, 0.2) is 0 Å². The van der Waals surface area contributed by atoms with Gasteiger partial charge in [-0.25, -0.2) is 4.98 Å². The Hall–Kier alpha value is -4.47. The molecular formula is C38H32N2S. The Kier molecular flexibility index (Phi) is 6.13. The zero-order valence-corrected chi connectivity index (χ0v) is 24.7. The molecule has 2 nitrogen and oxygen atoms in total. The predicted molar refractivity (Wildman–Crippen MR) is 176 cm³/mol. The van der Waals surface area contributed by atoms with Crippen LogP contribution in [0.15, 0.2) is 121 Å². The second-order valence-corrected chi connectivity index (χ2v) is 12.7. The van der Waals surface area contributed by atoms with E-state index >= 15 is 0 Å². The molecule has 0 atom stereocenters. The SMILES string of the molecule is Cc1ccc2c(-c3nc4ccccc4n3-c3c(-c4ccccc4)cc(C(C)(C)C)cc3-c3ccccc3)csc2c1. The summed E-state index contributed by atoms with van der Waals surface area (Å²) < 4.78 is 3.70. The number of imidazole rings is 1. The third-order valence-electron chi connectivity index (χ3n) is 7.90. The van der Waals surface area contributed by atoms with Crippen molar-refractivity contribution >= 4 is 32.5 Å². The molecule has 2 aromatic heterocycles. The molecular weight excluding hydrogens is 516 g/mol. The molecule has 2 heterocycles. The lowest BCUT2D eigenvalue weighted by Gasteiger charge is -2.26. The first-order valence-corrected chi connectivity index (χ1v) is 15.0. The maximum atomic E-state index is 5.31. The van der Waals surface area contributed by atoms with E-state index in [0.29, 0.717) is 0 Å². The fourth-order valence-corrected chi connectivity index (χ4v) is 6.76. The van der Waals surface area contributed by atoms with Crippen LogP contribution in [-0.2, 0) is 5.41 Å². The summed E-state index contributed by atoms with van der Waals surface area (Å²) >= 11 is 1.79. The highest BCUT2D eigenvalue weighted by atomic mass is 32.1. The maximum absolute atomic E-state index is 5.31. The Morgan fingerprint density at radius 1 is 0.659 bits per heavy atom. The van der Waals surface area contributed by atoms with Crippen molar-refractivity contribution < 1.29 is 0 Å². The number of nitrogens with zero attached hydrogens (tertiary/aromatic N) is 2. The maximum Gasteiger partial charge on any atom is 0.147 e. The number of rotatable bonds is 4. The Bertz CT molecular complexity index is 1960. The van der Waals surface area contributed by atoms with Gasteiger partial charge in [0.2, 0.25) is 0 Å². The summed E-state index contributed by atoms with van der Waals surface area (Å²) in [6.07, 6.45) is 0. The Morgan fingerprint density at radius 3 is 1.90 bits per heavy atom. The van der Waals surface area contributed by atoms with Gasteiger partial charge in [-0.1, -0.05) is 106 Å². The first kappa shape index (κ1) is 25.5. The highest BCUT2D eigenvalue weighted by Crippen LogP contribution is 2.44. The zero-order chi connectivity index (χ0) is 28.1. The summed E-state index contributed by atoms with van der Waals surface area (Å²) in [6, 6.07) is 41.6. The standard InChI is InChI=1S/C38H32N2S/c1-25-19-20-29-32(24-41-35(29)21-25)37-39-33-17-11-12-18-34(33)40(37)36-30(26-13-7-5-8-14-26)22-28(38(2,3)4)23-31(36)27-15-9-6-10-16-27/h5-24H,1-4H3. The molecule has 0 saturated carbocycles. The van der Waals surface area contributed by atoms with Crippen LogP contribution >= 0.6 is 11.3 Å². The fraction of sp³-hybridized carbons (Fsp3) is 0.132. The van der Waals surface area contributed by atoms with Crippen LogP contribution < -0.4 is 0 Å². The van der Waals surface area contributed by atoms with Gasteiger partial charge in [0.05, 0.1) is 16.7 Å². The van der Waals surface area contributed by atoms with Crippen molar-refractivity contribution in [2.45, 2.75) is 33.1 Å². The first-order valence-electron chi connectivity index (χ1n) is 14.1. The van der Waals surface area contributed by atoms with Crippen molar-refractivity contribution in [3.63, 3.8) is 0 Å². The van der Waals surface area contributed by atoms with E-state index in [1.807, 2.05) is 0 Å². The molecule has 0 fully saturated rings. The highest BCUT2D eigenvalue weighted by molar-refractivity contribution is 7.17. The van der Waals surface area contributed by atoms with Gasteiger partial charge >= 0.3 is 0 Å². The molecule has 0 bridgehead atoms. The molecule has 200 valence electrons. The van der Waals surface area contributed by atoms with E-state index in [9.17, 15) is 0 Å². The summed E-state index contributed by atoms with van der Waals surface area (Å²) in [5.41, 5.74) is 11.8. The Morgan fingerprint density at radius 2 is 1.27 bits per heavy atom. The van der Waals surface area contributed by atoms with Crippen molar-refractivity contribution in [1.82, 2.24) is 9.55 Å². The van der Waals surface area contributed by atoms with Crippen LogP contribution in [0, 0.1) is 6.92 Å². The van der Waals surface area contributed by atoms with Crippen LogP contribution in [-0.4, -0.2) is 9.55 Å². The number of benzene rings is 5. The van der Waals surface area contributed by atoms with Gasteiger partial charge in [-0.15, -0.1) is 11.3 Å². The van der Waals surface area contributed by atoms with E-state index in [1.54, 1.807) is 11.3 Å². The molecule has 0 aliphatic carbocycles. The van der Waals surface area contributed by atoms with Crippen LogP contribution in [0.4, 0.5) is 0 Å². The van der Waals surface area contributed by atoms with Crippen LogP contribution in [0.5, 0.6) is 0 Å². The molecule has 5 aromatic carbocycles. The van der Waals surface area contributed by atoms with Crippen molar-refractivity contribution in [2.24, 2.45) is 0 Å². The first-order chi connectivity index (χ1) is 19.9. The lowest BCUT2D eigenvalue weighted by Crippen LogP contribution is -2.13. The number of aromatic nitrogens is 2. The zero-order valence-electron chi connectivity index (χ0n) is 23.8. The normalized spacial score (nSPS) is 11.9. The van der Waals surface area contributed by atoms with Crippen LogP contribution in [0.2, 0.25) is 0 Å². The average Bonchev–Trinajstić information content (AvgIpc) is 3.57. The van der Waals surface area contributed by atoms with E-state index in [1.165, 1.54) is 49.0 Å². The number of thiophene rings is 1. The number of fused-ring (bicyclic) bond motifs is 2. The van der Waals surface area contributed by atoms with Gasteiger partial charge in [-0.2, -0.15) is 0 Å².